The minimum atomic E-state index is -0.637. The number of carboxylic acids is 1. The summed E-state index contributed by atoms with van der Waals surface area (Å²) >= 11 is 0. The Labute approximate surface area is 120 Å². The van der Waals surface area contributed by atoms with Gasteiger partial charge >= 0.3 is 5.97 Å². The molecule has 2 saturated carbocycles. The molecule has 20 heavy (non-hydrogen) atoms. The van der Waals surface area contributed by atoms with Gasteiger partial charge < -0.3 is 5.11 Å². The largest absolute Gasteiger partial charge is 0.481 e. The molecule has 0 unspecified atom stereocenters. The molecule has 1 heterocycles. The Morgan fingerprint density at radius 1 is 1.25 bits per heavy atom. The summed E-state index contributed by atoms with van der Waals surface area (Å²) in [6.45, 7) is 0. The van der Waals surface area contributed by atoms with Gasteiger partial charge in [0, 0.05) is 12.6 Å². The standard InChI is InChI=1S/C16H24N2O2/c19-15(20)16(9-4-5-10-16)12-13-8-11-18(17-13)14-6-2-1-3-7-14/h8,11,14H,1-7,9-10,12H2,(H,19,20). The smallest absolute Gasteiger partial charge is 0.310 e. The summed E-state index contributed by atoms with van der Waals surface area (Å²) in [6, 6.07) is 2.55. The summed E-state index contributed by atoms with van der Waals surface area (Å²) in [5.41, 5.74) is 0.408. The zero-order valence-corrected chi connectivity index (χ0v) is 12.1. The Kier molecular flexibility index (Phi) is 3.81. The molecule has 0 saturated heterocycles. The van der Waals surface area contributed by atoms with Crippen molar-refractivity contribution in [3.8, 4) is 0 Å². The lowest BCUT2D eigenvalue weighted by atomic mass is 9.82. The lowest BCUT2D eigenvalue weighted by Gasteiger charge is -2.23. The molecule has 0 aromatic carbocycles. The van der Waals surface area contributed by atoms with Crippen LogP contribution in [0.3, 0.4) is 0 Å². The summed E-state index contributed by atoms with van der Waals surface area (Å²) in [4.78, 5) is 11.6. The quantitative estimate of drug-likeness (QED) is 0.914. The minimum absolute atomic E-state index is 0.529. The molecule has 4 nitrogen and oxygen atoms in total. The maximum absolute atomic E-state index is 11.6. The molecular formula is C16H24N2O2. The molecule has 110 valence electrons. The SMILES string of the molecule is O=C(O)C1(Cc2ccn(C3CCCCC3)n2)CCCC1. The van der Waals surface area contributed by atoms with E-state index in [1.165, 1.54) is 32.1 Å². The number of hydrogen-bond acceptors (Lipinski definition) is 2. The first kappa shape index (κ1) is 13.7. The highest BCUT2D eigenvalue weighted by Crippen LogP contribution is 2.41. The van der Waals surface area contributed by atoms with Crippen molar-refractivity contribution in [3.63, 3.8) is 0 Å². The fourth-order valence-electron chi connectivity index (χ4n) is 3.89. The number of carbonyl (C=O) groups is 1. The monoisotopic (exact) mass is 276 g/mol. The van der Waals surface area contributed by atoms with Gasteiger partial charge in [0.05, 0.1) is 17.2 Å². The third kappa shape index (κ3) is 2.60. The van der Waals surface area contributed by atoms with Gasteiger partial charge in [-0.25, -0.2) is 0 Å². The second-order valence-electron chi connectivity index (χ2n) is 6.55. The summed E-state index contributed by atoms with van der Waals surface area (Å²) in [7, 11) is 0. The summed E-state index contributed by atoms with van der Waals surface area (Å²) in [5, 5.41) is 14.2. The van der Waals surface area contributed by atoms with Crippen molar-refractivity contribution >= 4 is 5.97 Å². The Bertz CT molecular complexity index is 469. The Morgan fingerprint density at radius 2 is 1.95 bits per heavy atom. The molecule has 3 rings (SSSR count). The van der Waals surface area contributed by atoms with Gasteiger partial charge in [0.15, 0.2) is 0 Å². The van der Waals surface area contributed by atoms with Crippen LogP contribution in [0.5, 0.6) is 0 Å². The maximum Gasteiger partial charge on any atom is 0.310 e. The number of hydrogen-bond donors (Lipinski definition) is 1. The van der Waals surface area contributed by atoms with Crippen molar-refractivity contribution in [2.45, 2.75) is 70.3 Å². The van der Waals surface area contributed by atoms with Gasteiger partial charge in [0.25, 0.3) is 0 Å². The second kappa shape index (κ2) is 5.58. The Morgan fingerprint density at radius 3 is 2.60 bits per heavy atom. The van der Waals surface area contributed by atoms with E-state index < -0.39 is 11.4 Å². The normalized spacial score (nSPS) is 23.0. The van der Waals surface area contributed by atoms with Crippen LogP contribution >= 0.6 is 0 Å². The molecule has 0 atom stereocenters. The molecule has 0 radical (unpaired) electrons. The first-order valence-corrected chi connectivity index (χ1v) is 7.97. The number of aromatic nitrogens is 2. The molecule has 0 aliphatic heterocycles. The van der Waals surface area contributed by atoms with E-state index >= 15 is 0 Å². The van der Waals surface area contributed by atoms with Gasteiger partial charge in [-0.1, -0.05) is 32.1 Å². The first-order chi connectivity index (χ1) is 9.70. The first-order valence-electron chi connectivity index (χ1n) is 7.97. The van der Waals surface area contributed by atoms with Crippen LogP contribution in [-0.4, -0.2) is 20.9 Å². The average molecular weight is 276 g/mol. The van der Waals surface area contributed by atoms with E-state index in [-0.39, 0.29) is 0 Å². The van der Waals surface area contributed by atoms with Gasteiger partial charge in [-0.3, -0.25) is 9.48 Å². The molecular weight excluding hydrogens is 252 g/mol. The highest BCUT2D eigenvalue weighted by molar-refractivity contribution is 5.75. The fraction of sp³-hybridized carbons (Fsp3) is 0.750. The average Bonchev–Trinajstić information content (AvgIpc) is 3.10. The molecule has 0 bridgehead atoms. The minimum Gasteiger partial charge on any atom is -0.481 e. The van der Waals surface area contributed by atoms with Crippen molar-refractivity contribution in [1.82, 2.24) is 9.78 Å². The van der Waals surface area contributed by atoms with Crippen LogP contribution in [0.2, 0.25) is 0 Å². The van der Waals surface area contributed by atoms with E-state index in [4.69, 9.17) is 0 Å². The summed E-state index contributed by atoms with van der Waals surface area (Å²) in [5.74, 6) is -0.637. The number of rotatable bonds is 4. The number of nitrogens with zero attached hydrogens (tertiary/aromatic N) is 2. The van der Waals surface area contributed by atoms with Crippen LogP contribution < -0.4 is 0 Å². The van der Waals surface area contributed by atoms with Crippen LogP contribution in [0.1, 0.15) is 69.5 Å². The number of carboxylic acid groups (broad SMARTS) is 1. The van der Waals surface area contributed by atoms with Crippen LogP contribution in [-0.2, 0) is 11.2 Å². The van der Waals surface area contributed by atoms with E-state index in [0.29, 0.717) is 12.5 Å². The zero-order valence-electron chi connectivity index (χ0n) is 12.1. The van der Waals surface area contributed by atoms with Crippen LogP contribution in [0.25, 0.3) is 0 Å². The number of aliphatic carboxylic acids is 1. The van der Waals surface area contributed by atoms with Crippen LogP contribution in [0, 0.1) is 5.41 Å². The van der Waals surface area contributed by atoms with Crippen LogP contribution in [0.15, 0.2) is 12.3 Å². The highest BCUT2D eigenvalue weighted by atomic mass is 16.4. The predicted octanol–water partition coefficient (Wildman–Crippen LogP) is 3.58. The van der Waals surface area contributed by atoms with E-state index in [2.05, 4.69) is 16.0 Å². The predicted molar refractivity (Wildman–Crippen MR) is 76.6 cm³/mol. The van der Waals surface area contributed by atoms with Gasteiger partial charge in [-0.2, -0.15) is 5.10 Å². The van der Waals surface area contributed by atoms with E-state index in [0.717, 1.165) is 31.4 Å². The molecule has 0 amide bonds. The van der Waals surface area contributed by atoms with Crippen molar-refractivity contribution in [3.05, 3.63) is 18.0 Å². The third-order valence-corrected chi connectivity index (χ3v) is 5.15. The molecule has 2 aliphatic rings. The molecule has 2 aliphatic carbocycles. The molecule has 1 aromatic heterocycles. The summed E-state index contributed by atoms with van der Waals surface area (Å²) in [6.07, 6.45) is 12.7. The van der Waals surface area contributed by atoms with Crippen LogP contribution in [0.4, 0.5) is 0 Å². The van der Waals surface area contributed by atoms with Crippen molar-refractivity contribution in [1.29, 1.82) is 0 Å². The molecule has 4 heteroatoms. The molecule has 1 N–H and O–H groups in total. The molecule has 0 spiro atoms. The van der Waals surface area contributed by atoms with Gasteiger partial charge in [-0.05, 0) is 31.7 Å². The second-order valence-corrected chi connectivity index (χ2v) is 6.55. The van der Waals surface area contributed by atoms with Gasteiger partial charge in [-0.15, -0.1) is 0 Å². The van der Waals surface area contributed by atoms with Gasteiger partial charge in [0.2, 0.25) is 0 Å². The lowest BCUT2D eigenvalue weighted by molar-refractivity contribution is -0.148. The van der Waals surface area contributed by atoms with E-state index in [1.54, 1.807) is 0 Å². The van der Waals surface area contributed by atoms with Crippen molar-refractivity contribution in [2.75, 3.05) is 0 Å². The van der Waals surface area contributed by atoms with Crippen molar-refractivity contribution < 1.29 is 9.90 Å². The zero-order chi connectivity index (χ0) is 14.0. The van der Waals surface area contributed by atoms with Crippen molar-refractivity contribution in [2.24, 2.45) is 5.41 Å². The maximum atomic E-state index is 11.6. The molecule has 2 fully saturated rings. The fourth-order valence-corrected chi connectivity index (χ4v) is 3.89. The Hall–Kier alpha value is -1.32. The third-order valence-electron chi connectivity index (χ3n) is 5.15. The highest BCUT2D eigenvalue weighted by Gasteiger charge is 2.41. The van der Waals surface area contributed by atoms with Gasteiger partial charge in [0.1, 0.15) is 0 Å². The topological polar surface area (TPSA) is 55.1 Å². The molecule has 1 aromatic rings. The summed E-state index contributed by atoms with van der Waals surface area (Å²) < 4.78 is 2.08. The Balaban J connectivity index is 1.71. The van der Waals surface area contributed by atoms with E-state index in [1.807, 2.05) is 6.07 Å². The van der Waals surface area contributed by atoms with E-state index in [9.17, 15) is 9.90 Å². The lowest BCUT2D eigenvalue weighted by Crippen LogP contribution is -2.30.